The maximum Gasteiger partial charge on any atom is 0.257 e. The van der Waals surface area contributed by atoms with Crippen LogP contribution in [0, 0.1) is 6.92 Å². The number of carbonyl (C=O) groups is 1. The lowest BCUT2D eigenvalue weighted by molar-refractivity contribution is 0.102. The molecule has 1 saturated heterocycles. The summed E-state index contributed by atoms with van der Waals surface area (Å²) in [4.78, 5) is 16.9. The molecule has 2 N–H and O–H groups in total. The Balaban J connectivity index is 1.52. The molecule has 1 aliphatic heterocycles. The second-order valence-corrected chi connectivity index (χ2v) is 12.2. The Morgan fingerprint density at radius 2 is 2.00 bits per heavy atom. The summed E-state index contributed by atoms with van der Waals surface area (Å²) >= 11 is 1.33. The quantitative estimate of drug-likeness (QED) is 0.596. The van der Waals surface area contributed by atoms with Gasteiger partial charge in [-0.05, 0) is 49.2 Å². The van der Waals surface area contributed by atoms with Crippen LogP contribution in [0.15, 0.2) is 47.4 Å². The minimum Gasteiger partial charge on any atom is -0.298 e. The number of anilines is 1. The number of aromatic nitrogens is 1. The monoisotopic (exact) mass is 465 g/mol. The summed E-state index contributed by atoms with van der Waals surface area (Å²) in [6.07, 6.45) is 0.235. The molecule has 1 atom stereocenters. The Morgan fingerprint density at radius 3 is 2.73 bits per heavy atom. The van der Waals surface area contributed by atoms with Gasteiger partial charge in [0, 0.05) is 11.6 Å². The summed E-state index contributed by atoms with van der Waals surface area (Å²) in [5.74, 6) is -0.736. The predicted molar refractivity (Wildman–Crippen MR) is 116 cm³/mol. The normalized spacial score (nSPS) is 18.5. The van der Waals surface area contributed by atoms with Crippen LogP contribution in [0.1, 0.15) is 22.3 Å². The number of carbonyl (C=O) groups excluding carboxylic acids is 1. The van der Waals surface area contributed by atoms with Gasteiger partial charge in [-0.15, -0.1) is 0 Å². The fraction of sp³-hybridized carbons (Fsp3) is 0.263. The Hall–Kier alpha value is -2.34. The summed E-state index contributed by atoms with van der Waals surface area (Å²) in [6.45, 7) is 1.97. The van der Waals surface area contributed by atoms with E-state index in [4.69, 9.17) is 0 Å². The minimum absolute atomic E-state index is 0.0374. The number of sulfonamides is 1. The molecule has 0 radical (unpaired) electrons. The van der Waals surface area contributed by atoms with Gasteiger partial charge in [0.2, 0.25) is 10.0 Å². The first-order chi connectivity index (χ1) is 14.1. The van der Waals surface area contributed by atoms with Crippen molar-refractivity contribution >= 4 is 52.5 Å². The molecular weight excluding hydrogens is 446 g/mol. The second-order valence-electron chi connectivity index (χ2n) is 7.19. The summed E-state index contributed by atoms with van der Waals surface area (Å²) in [5.41, 5.74) is 2.02. The highest BCUT2D eigenvalue weighted by Crippen LogP contribution is 2.27. The molecular formula is C19H19N3O5S3. The molecule has 3 aromatic rings. The standard InChI is InChI=1S/C19H19N3O5S3/c1-12-5-6-16-17(9-12)28-19(20-16)21-18(23)13-3-2-4-15(10-13)30(26,27)22-14-7-8-29(24,25)11-14/h2-6,9-10,14,22H,7-8,11H2,1H3,(H,20,21,23). The van der Waals surface area contributed by atoms with E-state index in [9.17, 15) is 21.6 Å². The summed E-state index contributed by atoms with van der Waals surface area (Å²) < 4.78 is 51.8. The lowest BCUT2D eigenvalue weighted by Crippen LogP contribution is -2.35. The first-order valence-electron chi connectivity index (χ1n) is 9.13. The fourth-order valence-electron chi connectivity index (χ4n) is 3.23. The van der Waals surface area contributed by atoms with Crippen LogP contribution in [0.2, 0.25) is 0 Å². The lowest BCUT2D eigenvalue weighted by Gasteiger charge is -2.12. The van der Waals surface area contributed by atoms with Crippen LogP contribution < -0.4 is 10.0 Å². The van der Waals surface area contributed by atoms with Gasteiger partial charge in [0.05, 0.1) is 26.6 Å². The van der Waals surface area contributed by atoms with Crippen molar-refractivity contribution in [2.24, 2.45) is 0 Å². The number of hydrogen-bond donors (Lipinski definition) is 2. The molecule has 1 aromatic heterocycles. The Morgan fingerprint density at radius 1 is 1.20 bits per heavy atom. The third-order valence-corrected chi connectivity index (χ3v) is 8.94. The minimum atomic E-state index is -3.96. The third-order valence-electron chi connectivity index (χ3n) is 4.73. The summed E-state index contributed by atoms with van der Waals surface area (Å²) in [7, 11) is -7.17. The molecule has 2 aromatic carbocycles. The molecule has 30 heavy (non-hydrogen) atoms. The van der Waals surface area contributed by atoms with Crippen molar-refractivity contribution in [2.45, 2.75) is 24.3 Å². The van der Waals surface area contributed by atoms with Gasteiger partial charge in [-0.2, -0.15) is 0 Å². The molecule has 1 unspecified atom stereocenters. The highest BCUT2D eigenvalue weighted by molar-refractivity contribution is 7.92. The van der Waals surface area contributed by atoms with Gasteiger partial charge in [-0.25, -0.2) is 26.5 Å². The van der Waals surface area contributed by atoms with Gasteiger partial charge in [0.15, 0.2) is 15.0 Å². The summed E-state index contributed by atoms with van der Waals surface area (Å²) in [5, 5.41) is 3.12. The van der Waals surface area contributed by atoms with Crippen LogP contribution >= 0.6 is 11.3 Å². The fourth-order valence-corrected chi connectivity index (χ4v) is 7.29. The number of amides is 1. The van der Waals surface area contributed by atoms with Gasteiger partial charge < -0.3 is 0 Å². The van der Waals surface area contributed by atoms with Crippen molar-refractivity contribution in [2.75, 3.05) is 16.8 Å². The molecule has 1 amide bonds. The van der Waals surface area contributed by atoms with E-state index in [2.05, 4.69) is 15.0 Å². The van der Waals surface area contributed by atoms with E-state index >= 15 is 0 Å². The van der Waals surface area contributed by atoms with Gasteiger partial charge >= 0.3 is 0 Å². The van der Waals surface area contributed by atoms with Crippen molar-refractivity contribution in [3.63, 3.8) is 0 Å². The SMILES string of the molecule is Cc1ccc2nc(NC(=O)c3cccc(S(=O)(=O)NC4CCS(=O)(=O)C4)c3)sc2c1. The van der Waals surface area contributed by atoms with Crippen LogP contribution in [0.3, 0.4) is 0 Å². The van der Waals surface area contributed by atoms with E-state index in [1.54, 1.807) is 0 Å². The number of nitrogens with zero attached hydrogens (tertiary/aromatic N) is 1. The number of nitrogens with one attached hydrogen (secondary N) is 2. The zero-order valence-electron chi connectivity index (χ0n) is 16.0. The maximum absolute atomic E-state index is 12.6. The van der Waals surface area contributed by atoms with Gasteiger partial charge in [-0.3, -0.25) is 10.1 Å². The first-order valence-corrected chi connectivity index (χ1v) is 13.2. The average molecular weight is 466 g/mol. The van der Waals surface area contributed by atoms with Gasteiger partial charge in [0.25, 0.3) is 5.91 Å². The molecule has 8 nitrogen and oxygen atoms in total. The van der Waals surface area contributed by atoms with Gasteiger partial charge in [0.1, 0.15) is 0 Å². The number of hydrogen-bond acceptors (Lipinski definition) is 7. The first kappa shape index (κ1) is 20.9. The van der Waals surface area contributed by atoms with E-state index in [0.29, 0.717) is 5.13 Å². The maximum atomic E-state index is 12.6. The van der Waals surface area contributed by atoms with E-state index < -0.39 is 31.8 Å². The van der Waals surface area contributed by atoms with Crippen molar-refractivity contribution in [3.8, 4) is 0 Å². The zero-order valence-corrected chi connectivity index (χ0v) is 18.4. The van der Waals surface area contributed by atoms with Crippen LogP contribution in [-0.4, -0.2) is 45.3 Å². The van der Waals surface area contributed by atoms with Crippen molar-refractivity contribution in [3.05, 3.63) is 53.6 Å². The highest BCUT2D eigenvalue weighted by atomic mass is 32.2. The van der Waals surface area contributed by atoms with E-state index in [-0.39, 0.29) is 28.4 Å². The van der Waals surface area contributed by atoms with Crippen LogP contribution in [0.25, 0.3) is 10.2 Å². The smallest absolute Gasteiger partial charge is 0.257 e. The molecule has 0 spiro atoms. The van der Waals surface area contributed by atoms with E-state index in [1.807, 2.05) is 25.1 Å². The predicted octanol–water partition coefficient (Wildman–Crippen LogP) is 2.32. The van der Waals surface area contributed by atoms with Gasteiger partial charge in [-0.1, -0.05) is 23.5 Å². The topological polar surface area (TPSA) is 122 Å². The van der Waals surface area contributed by atoms with Crippen LogP contribution in [-0.2, 0) is 19.9 Å². The number of rotatable bonds is 5. The average Bonchev–Trinajstić information content (AvgIpc) is 3.22. The van der Waals surface area contributed by atoms with Crippen LogP contribution in [0.5, 0.6) is 0 Å². The van der Waals surface area contributed by atoms with Crippen molar-refractivity contribution < 1.29 is 21.6 Å². The Bertz CT molecular complexity index is 1350. The molecule has 4 rings (SSSR count). The number of aryl methyl sites for hydroxylation is 1. The Kier molecular flexibility index (Phi) is 5.39. The largest absolute Gasteiger partial charge is 0.298 e. The van der Waals surface area contributed by atoms with Crippen LogP contribution in [0.4, 0.5) is 5.13 Å². The second kappa shape index (κ2) is 7.73. The molecule has 0 saturated carbocycles. The number of thiazole rings is 1. The third kappa shape index (κ3) is 4.53. The van der Waals surface area contributed by atoms with Crippen molar-refractivity contribution in [1.82, 2.24) is 9.71 Å². The highest BCUT2D eigenvalue weighted by Gasteiger charge is 2.31. The molecule has 158 valence electrons. The molecule has 0 aliphatic carbocycles. The number of fused-ring (bicyclic) bond motifs is 1. The van der Waals surface area contributed by atoms with E-state index in [0.717, 1.165) is 15.8 Å². The van der Waals surface area contributed by atoms with Crippen molar-refractivity contribution in [1.29, 1.82) is 0 Å². The molecule has 11 heteroatoms. The molecule has 1 aliphatic rings. The summed E-state index contributed by atoms with van der Waals surface area (Å²) in [6, 6.07) is 10.7. The molecule has 1 fully saturated rings. The number of sulfone groups is 1. The zero-order chi connectivity index (χ0) is 21.5. The van der Waals surface area contributed by atoms with E-state index in [1.165, 1.54) is 35.6 Å². The number of benzene rings is 2. The lowest BCUT2D eigenvalue weighted by atomic mass is 10.2. The Labute approximate surface area is 178 Å². The molecule has 2 heterocycles. The molecule has 0 bridgehead atoms.